The smallest absolute Gasteiger partial charge is 0.123 e. The van der Waals surface area contributed by atoms with Crippen molar-refractivity contribution in [3.8, 4) is 0 Å². The number of benzene rings is 2. The highest BCUT2D eigenvalue weighted by Gasteiger charge is 2.29. The fourth-order valence-electron chi connectivity index (χ4n) is 2.59. The summed E-state index contributed by atoms with van der Waals surface area (Å²) in [5.74, 6) is -0.320. The van der Waals surface area contributed by atoms with Crippen LogP contribution in [-0.4, -0.2) is 5.11 Å². The lowest BCUT2D eigenvalue weighted by atomic mass is 9.83. The number of aryl methyl sites for hydroxylation is 1. The van der Waals surface area contributed by atoms with Crippen molar-refractivity contribution in [2.75, 3.05) is 0 Å². The maximum Gasteiger partial charge on any atom is 0.123 e. The van der Waals surface area contributed by atoms with Gasteiger partial charge in [-0.3, -0.25) is 0 Å². The minimum atomic E-state index is -1.13. The molecule has 0 aromatic heterocycles. The van der Waals surface area contributed by atoms with Crippen LogP contribution in [0.25, 0.3) is 0 Å². The van der Waals surface area contributed by atoms with E-state index < -0.39 is 5.60 Å². The van der Waals surface area contributed by atoms with Gasteiger partial charge in [-0.15, -0.1) is 0 Å². The molecule has 0 aliphatic heterocycles. The van der Waals surface area contributed by atoms with E-state index in [1.54, 1.807) is 12.1 Å². The highest BCUT2D eigenvalue weighted by molar-refractivity contribution is 5.38. The van der Waals surface area contributed by atoms with E-state index in [-0.39, 0.29) is 5.82 Å². The summed E-state index contributed by atoms with van der Waals surface area (Å²) in [6.07, 6.45) is 2.55. The molecule has 106 valence electrons. The lowest BCUT2D eigenvalue weighted by Gasteiger charge is -2.28. The van der Waals surface area contributed by atoms with Crippen molar-refractivity contribution in [2.24, 2.45) is 0 Å². The van der Waals surface area contributed by atoms with Gasteiger partial charge in [0.05, 0.1) is 0 Å². The van der Waals surface area contributed by atoms with Crippen LogP contribution in [0.15, 0.2) is 48.5 Å². The van der Waals surface area contributed by atoms with Crippen LogP contribution in [0.5, 0.6) is 0 Å². The Bertz CT molecular complexity index is 579. The predicted octanol–water partition coefficient (Wildman–Crippen LogP) is 4.42. The van der Waals surface area contributed by atoms with Gasteiger partial charge in [0.1, 0.15) is 11.4 Å². The highest BCUT2D eigenvalue weighted by atomic mass is 19.1. The summed E-state index contributed by atoms with van der Waals surface area (Å²) < 4.78 is 13.4. The Morgan fingerprint density at radius 2 is 1.65 bits per heavy atom. The minimum Gasteiger partial charge on any atom is -0.380 e. The van der Waals surface area contributed by atoms with Crippen LogP contribution in [0.2, 0.25) is 0 Å². The zero-order valence-electron chi connectivity index (χ0n) is 12.1. The lowest BCUT2D eigenvalue weighted by Crippen LogP contribution is -2.26. The third kappa shape index (κ3) is 2.91. The Labute approximate surface area is 120 Å². The second-order valence-corrected chi connectivity index (χ2v) is 5.17. The van der Waals surface area contributed by atoms with E-state index in [9.17, 15) is 9.50 Å². The molecular formula is C18H21FO. The van der Waals surface area contributed by atoms with E-state index in [0.29, 0.717) is 12.0 Å². The average molecular weight is 272 g/mol. The summed E-state index contributed by atoms with van der Waals surface area (Å²) in [5.41, 5.74) is 1.50. The molecule has 0 saturated heterocycles. The molecule has 0 aliphatic rings. The normalized spacial score (nSPS) is 14.0. The Hall–Kier alpha value is -1.67. The van der Waals surface area contributed by atoms with E-state index in [1.807, 2.05) is 25.1 Å². The Morgan fingerprint density at radius 3 is 2.25 bits per heavy atom. The molecule has 1 N–H and O–H groups in total. The molecule has 0 fully saturated rings. The second kappa shape index (κ2) is 6.19. The summed E-state index contributed by atoms with van der Waals surface area (Å²) in [5, 5.41) is 11.0. The fraction of sp³-hybridized carbons (Fsp3) is 0.333. The number of halogens is 1. The van der Waals surface area contributed by atoms with Gasteiger partial charge in [0, 0.05) is 0 Å². The third-order valence-corrected chi connectivity index (χ3v) is 3.76. The van der Waals surface area contributed by atoms with E-state index in [1.165, 1.54) is 17.7 Å². The molecule has 0 spiro atoms. The van der Waals surface area contributed by atoms with Crippen LogP contribution in [0, 0.1) is 5.82 Å². The van der Waals surface area contributed by atoms with Crippen LogP contribution >= 0.6 is 0 Å². The average Bonchev–Trinajstić information content (AvgIpc) is 2.47. The summed E-state index contributed by atoms with van der Waals surface area (Å²) >= 11 is 0. The van der Waals surface area contributed by atoms with Gasteiger partial charge in [0.2, 0.25) is 0 Å². The first kappa shape index (κ1) is 14.7. The van der Waals surface area contributed by atoms with Crippen molar-refractivity contribution >= 4 is 0 Å². The fourth-order valence-corrected chi connectivity index (χ4v) is 2.59. The molecule has 0 heterocycles. The van der Waals surface area contributed by atoms with Gasteiger partial charge in [-0.25, -0.2) is 4.39 Å². The highest BCUT2D eigenvalue weighted by Crippen LogP contribution is 2.33. The summed E-state index contributed by atoms with van der Waals surface area (Å²) in [6.45, 7) is 4.04. The van der Waals surface area contributed by atoms with E-state index in [2.05, 4.69) is 13.0 Å². The van der Waals surface area contributed by atoms with Gasteiger partial charge < -0.3 is 5.11 Å². The molecule has 0 aliphatic carbocycles. The number of aliphatic hydroxyl groups is 1. The van der Waals surface area contributed by atoms with Gasteiger partial charge >= 0.3 is 0 Å². The first-order valence-corrected chi connectivity index (χ1v) is 7.18. The van der Waals surface area contributed by atoms with Crippen molar-refractivity contribution < 1.29 is 9.50 Å². The molecule has 2 aromatic rings. The van der Waals surface area contributed by atoms with Crippen molar-refractivity contribution in [2.45, 2.75) is 38.7 Å². The summed E-state index contributed by atoms with van der Waals surface area (Å²) in [4.78, 5) is 0. The molecule has 0 bridgehead atoms. The third-order valence-electron chi connectivity index (χ3n) is 3.76. The van der Waals surface area contributed by atoms with Crippen molar-refractivity contribution in [1.29, 1.82) is 0 Å². The Balaban J connectivity index is 2.47. The SMILES string of the molecule is CCCc1cccc(C(O)(CC)c2cccc(F)c2)c1. The van der Waals surface area contributed by atoms with Gasteiger partial charge in [0.15, 0.2) is 0 Å². The molecule has 2 aromatic carbocycles. The molecule has 2 rings (SSSR count). The van der Waals surface area contributed by atoms with Crippen LogP contribution < -0.4 is 0 Å². The van der Waals surface area contributed by atoms with E-state index in [4.69, 9.17) is 0 Å². The van der Waals surface area contributed by atoms with Crippen molar-refractivity contribution in [3.05, 3.63) is 71.0 Å². The van der Waals surface area contributed by atoms with Gasteiger partial charge in [-0.2, -0.15) is 0 Å². The van der Waals surface area contributed by atoms with Crippen LogP contribution in [0.3, 0.4) is 0 Å². The first-order chi connectivity index (χ1) is 9.60. The van der Waals surface area contributed by atoms with Gasteiger partial charge in [0.25, 0.3) is 0 Å². The van der Waals surface area contributed by atoms with Crippen LogP contribution in [0.4, 0.5) is 4.39 Å². The number of hydrogen-bond acceptors (Lipinski definition) is 1. The Morgan fingerprint density at radius 1 is 1.00 bits per heavy atom. The Kier molecular flexibility index (Phi) is 4.56. The second-order valence-electron chi connectivity index (χ2n) is 5.17. The first-order valence-electron chi connectivity index (χ1n) is 7.18. The monoisotopic (exact) mass is 272 g/mol. The zero-order chi connectivity index (χ0) is 14.6. The summed E-state index contributed by atoms with van der Waals surface area (Å²) in [6, 6.07) is 14.2. The van der Waals surface area contributed by atoms with E-state index in [0.717, 1.165) is 18.4 Å². The van der Waals surface area contributed by atoms with Crippen LogP contribution in [0.1, 0.15) is 43.4 Å². The molecule has 0 amide bonds. The molecule has 0 radical (unpaired) electrons. The predicted molar refractivity (Wildman–Crippen MR) is 80.1 cm³/mol. The minimum absolute atomic E-state index is 0.320. The van der Waals surface area contributed by atoms with Crippen molar-refractivity contribution in [3.63, 3.8) is 0 Å². The zero-order valence-corrected chi connectivity index (χ0v) is 12.1. The largest absolute Gasteiger partial charge is 0.380 e. The van der Waals surface area contributed by atoms with Crippen molar-refractivity contribution in [1.82, 2.24) is 0 Å². The molecule has 1 nitrogen and oxygen atoms in total. The lowest BCUT2D eigenvalue weighted by molar-refractivity contribution is 0.0761. The molecule has 1 atom stereocenters. The standard InChI is InChI=1S/C18H21FO/c1-3-7-14-8-5-9-15(12-14)18(20,4-2)16-10-6-11-17(19)13-16/h5-6,8-13,20H,3-4,7H2,1-2H3. The quantitative estimate of drug-likeness (QED) is 0.854. The molecular weight excluding hydrogens is 251 g/mol. The van der Waals surface area contributed by atoms with Crippen LogP contribution in [-0.2, 0) is 12.0 Å². The molecule has 2 heteroatoms. The molecule has 1 unspecified atom stereocenters. The maximum absolute atomic E-state index is 13.4. The number of hydrogen-bond donors (Lipinski definition) is 1. The van der Waals surface area contributed by atoms with Gasteiger partial charge in [-0.1, -0.05) is 56.7 Å². The van der Waals surface area contributed by atoms with E-state index >= 15 is 0 Å². The summed E-state index contributed by atoms with van der Waals surface area (Å²) in [7, 11) is 0. The molecule has 20 heavy (non-hydrogen) atoms. The maximum atomic E-state index is 13.4. The number of rotatable bonds is 5. The topological polar surface area (TPSA) is 20.2 Å². The van der Waals surface area contributed by atoms with Gasteiger partial charge in [-0.05, 0) is 41.7 Å². The molecule has 0 saturated carbocycles.